The van der Waals surface area contributed by atoms with Gasteiger partial charge in [0, 0.05) is 37.8 Å². The number of nitrogens with one attached hydrogen (secondary N) is 1. The maximum Gasteiger partial charge on any atom is 0.248 e. The Morgan fingerprint density at radius 3 is 2.69 bits per heavy atom. The molecular weight excluding hydrogens is 509 g/mol. The molecule has 3 heterocycles. The fraction of sp³-hybridized carbons (Fsp3) is 0.643. The third-order valence-corrected chi connectivity index (χ3v) is 7.60. The zero-order valence-corrected chi connectivity index (χ0v) is 22.7. The van der Waals surface area contributed by atoms with Crippen LogP contribution in [0, 0.1) is 17.7 Å². The second kappa shape index (κ2) is 14.6. The molecule has 0 saturated carbocycles. The topological polar surface area (TPSA) is 98.8 Å². The number of carbonyl (C=O) groups excluding carboxylic acids is 2. The number of piperidine rings is 2. The normalized spacial score (nSPS) is 22.4. The minimum atomic E-state index is -0.241. The number of benzene rings is 1. The summed E-state index contributed by atoms with van der Waals surface area (Å²) in [5, 5.41) is 2.62. The van der Waals surface area contributed by atoms with Crippen molar-refractivity contribution in [3.63, 3.8) is 0 Å². The van der Waals surface area contributed by atoms with Crippen LogP contribution in [0.2, 0.25) is 0 Å². The van der Waals surface area contributed by atoms with Crippen molar-refractivity contribution in [3.8, 4) is 11.5 Å². The average Bonchev–Trinajstić information content (AvgIpc) is 3.42. The fourth-order valence-electron chi connectivity index (χ4n) is 5.67. The monoisotopic (exact) mass is 549 g/mol. The number of fused-ring (bicyclic) bond motifs is 2. The zero-order chi connectivity index (χ0) is 27.6. The Morgan fingerprint density at radius 1 is 1.13 bits per heavy atom. The molecule has 39 heavy (non-hydrogen) atoms. The summed E-state index contributed by atoms with van der Waals surface area (Å²) in [6, 6.07) is 3.38. The van der Waals surface area contributed by atoms with E-state index in [0.717, 1.165) is 19.4 Å². The molecule has 0 spiro atoms. The van der Waals surface area contributed by atoms with E-state index in [-0.39, 0.29) is 31.0 Å². The standard InChI is InChI=1S/C28H40FN3O7/c1-3-26(33)30-7-9-35-10-11-36-12-13-37-18-27(34)32-8-6-21-14-20(16-31(2)24(21)17-32)15-22-23(29)4-5-25-28(22)39-19-38-25/h3-5,20-21,24H,1,6-19H2,2H3,(H,30,33)/t20-,21-,24+/m1/s1. The van der Waals surface area contributed by atoms with Crippen molar-refractivity contribution in [3.05, 3.63) is 36.2 Å². The molecule has 0 unspecified atom stereocenters. The summed E-state index contributed by atoms with van der Waals surface area (Å²) in [7, 11) is 2.10. The maximum absolute atomic E-state index is 14.6. The second-order valence-electron chi connectivity index (χ2n) is 10.2. The number of halogens is 1. The minimum absolute atomic E-state index is 0.00653. The van der Waals surface area contributed by atoms with Gasteiger partial charge >= 0.3 is 0 Å². The molecule has 1 N–H and O–H groups in total. The molecule has 3 atom stereocenters. The van der Waals surface area contributed by atoms with Gasteiger partial charge in [0.1, 0.15) is 12.4 Å². The molecule has 10 nitrogen and oxygen atoms in total. The van der Waals surface area contributed by atoms with Gasteiger partial charge in [-0.25, -0.2) is 4.39 Å². The highest BCUT2D eigenvalue weighted by Crippen LogP contribution is 2.41. The summed E-state index contributed by atoms with van der Waals surface area (Å²) >= 11 is 0. The predicted octanol–water partition coefficient (Wildman–Crippen LogP) is 1.62. The number of rotatable bonds is 14. The van der Waals surface area contributed by atoms with Gasteiger partial charge in [0.25, 0.3) is 0 Å². The third kappa shape index (κ3) is 8.14. The zero-order valence-electron chi connectivity index (χ0n) is 22.7. The smallest absolute Gasteiger partial charge is 0.248 e. The minimum Gasteiger partial charge on any atom is -0.454 e. The lowest BCUT2D eigenvalue weighted by Crippen LogP contribution is -2.57. The highest BCUT2D eigenvalue weighted by atomic mass is 19.1. The predicted molar refractivity (Wildman–Crippen MR) is 141 cm³/mol. The van der Waals surface area contributed by atoms with Crippen molar-refractivity contribution >= 4 is 11.8 Å². The van der Waals surface area contributed by atoms with Gasteiger partial charge in [-0.15, -0.1) is 0 Å². The van der Waals surface area contributed by atoms with E-state index in [1.54, 1.807) is 6.07 Å². The van der Waals surface area contributed by atoms with Crippen molar-refractivity contribution in [2.24, 2.45) is 11.8 Å². The first-order valence-electron chi connectivity index (χ1n) is 13.6. The number of nitrogens with zero attached hydrogens (tertiary/aromatic N) is 2. The van der Waals surface area contributed by atoms with Gasteiger partial charge in [0.05, 0.1) is 33.0 Å². The average molecular weight is 550 g/mol. The Labute approximate surface area is 229 Å². The molecular formula is C28H40FN3O7. The van der Waals surface area contributed by atoms with Crippen LogP contribution in [-0.4, -0.2) is 107 Å². The van der Waals surface area contributed by atoms with E-state index in [4.69, 9.17) is 23.7 Å². The molecule has 11 heteroatoms. The summed E-state index contributed by atoms with van der Waals surface area (Å²) in [6.07, 6.45) is 3.76. The largest absolute Gasteiger partial charge is 0.454 e. The first-order chi connectivity index (χ1) is 19.0. The van der Waals surface area contributed by atoms with Crippen LogP contribution in [0.15, 0.2) is 24.8 Å². The summed E-state index contributed by atoms with van der Waals surface area (Å²) in [5.41, 5.74) is 0.609. The molecule has 4 rings (SSSR count). The number of ether oxygens (including phenoxy) is 5. The van der Waals surface area contributed by atoms with Gasteiger partial charge in [-0.05, 0) is 56.4 Å². The van der Waals surface area contributed by atoms with E-state index in [0.29, 0.717) is 94.0 Å². The van der Waals surface area contributed by atoms with E-state index >= 15 is 0 Å². The lowest BCUT2D eigenvalue weighted by atomic mass is 9.77. The van der Waals surface area contributed by atoms with Gasteiger partial charge in [-0.3, -0.25) is 9.59 Å². The van der Waals surface area contributed by atoms with Gasteiger partial charge in [-0.2, -0.15) is 0 Å². The molecule has 2 saturated heterocycles. The number of likely N-dealkylation sites (N-methyl/N-ethyl adjacent to an activating group) is 1. The van der Waals surface area contributed by atoms with Gasteiger partial charge in [-0.1, -0.05) is 6.58 Å². The van der Waals surface area contributed by atoms with E-state index in [1.807, 2.05) is 4.90 Å². The molecule has 0 aliphatic carbocycles. The summed E-state index contributed by atoms with van der Waals surface area (Å²) in [6.45, 7) is 8.14. The summed E-state index contributed by atoms with van der Waals surface area (Å²) in [4.78, 5) is 28.0. The summed E-state index contributed by atoms with van der Waals surface area (Å²) in [5.74, 6) is 1.47. The first kappa shape index (κ1) is 29.3. The molecule has 0 bridgehead atoms. The Hall–Kier alpha value is -2.73. The fourth-order valence-corrected chi connectivity index (χ4v) is 5.67. The van der Waals surface area contributed by atoms with Crippen LogP contribution in [0.5, 0.6) is 11.5 Å². The molecule has 2 amide bonds. The molecule has 0 radical (unpaired) electrons. The quantitative estimate of drug-likeness (QED) is 0.276. The van der Waals surface area contributed by atoms with Gasteiger partial charge < -0.3 is 38.8 Å². The van der Waals surface area contributed by atoms with E-state index in [2.05, 4.69) is 23.8 Å². The third-order valence-electron chi connectivity index (χ3n) is 7.60. The van der Waals surface area contributed by atoms with Crippen molar-refractivity contribution < 1.29 is 37.7 Å². The number of hydrogen-bond acceptors (Lipinski definition) is 8. The molecule has 1 aromatic carbocycles. The molecule has 216 valence electrons. The van der Waals surface area contributed by atoms with Crippen molar-refractivity contribution in [1.82, 2.24) is 15.1 Å². The lowest BCUT2D eigenvalue weighted by Gasteiger charge is -2.48. The Kier molecular flexibility index (Phi) is 11.0. The van der Waals surface area contributed by atoms with Gasteiger partial charge in [0.15, 0.2) is 11.5 Å². The van der Waals surface area contributed by atoms with Crippen LogP contribution in [-0.2, 0) is 30.2 Å². The molecule has 1 aromatic rings. The van der Waals surface area contributed by atoms with E-state index in [9.17, 15) is 14.0 Å². The maximum atomic E-state index is 14.6. The molecule has 3 aliphatic rings. The van der Waals surface area contributed by atoms with Crippen LogP contribution in [0.4, 0.5) is 4.39 Å². The Balaban J connectivity index is 1.10. The Morgan fingerprint density at radius 2 is 1.90 bits per heavy atom. The van der Waals surface area contributed by atoms with Gasteiger partial charge in [0.2, 0.25) is 18.6 Å². The van der Waals surface area contributed by atoms with E-state index < -0.39 is 0 Å². The summed E-state index contributed by atoms with van der Waals surface area (Å²) < 4.78 is 42.0. The van der Waals surface area contributed by atoms with Crippen LogP contribution in [0.3, 0.4) is 0 Å². The van der Waals surface area contributed by atoms with Crippen LogP contribution in [0.25, 0.3) is 0 Å². The second-order valence-corrected chi connectivity index (χ2v) is 10.2. The number of hydrogen-bond donors (Lipinski definition) is 1. The molecule has 2 fully saturated rings. The van der Waals surface area contributed by atoms with Crippen molar-refractivity contribution in [1.29, 1.82) is 0 Å². The molecule has 3 aliphatic heterocycles. The van der Waals surface area contributed by atoms with Crippen molar-refractivity contribution in [2.75, 3.05) is 79.7 Å². The Bertz CT molecular complexity index is 994. The first-order valence-corrected chi connectivity index (χ1v) is 13.6. The van der Waals surface area contributed by atoms with Crippen LogP contribution >= 0.6 is 0 Å². The highest BCUT2D eigenvalue weighted by Gasteiger charge is 2.39. The van der Waals surface area contributed by atoms with Crippen LogP contribution < -0.4 is 14.8 Å². The number of carbonyl (C=O) groups is 2. The number of amides is 2. The lowest BCUT2D eigenvalue weighted by molar-refractivity contribution is -0.140. The van der Waals surface area contributed by atoms with Crippen LogP contribution in [0.1, 0.15) is 18.4 Å². The highest BCUT2D eigenvalue weighted by molar-refractivity contribution is 5.86. The van der Waals surface area contributed by atoms with E-state index in [1.165, 1.54) is 12.1 Å². The SMILES string of the molecule is C=CC(=O)NCCOCCOCCOCC(=O)N1CC[C@@H]2C[C@H](Cc3c(F)ccc4c3OCO4)CN(C)[C@H]2C1. The molecule has 0 aromatic heterocycles. The number of likely N-dealkylation sites (tertiary alicyclic amines) is 2. The van der Waals surface area contributed by atoms with Crippen molar-refractivity contribution in [2.45, 2.75) is 25.3 Å².